The normalized spacial score (nSPS) is 12.8. The summed E-state index contributed by atoms with van der Waals surface area (Å²) in [7, 11) is 0. The van der Waals surface area contributed by atoms with E-state index in [1.54, 1.807) is 6.07 Å². The van der Waals surface area contributed by atoms with Crippen molar-refractivity contribution in [2.75, 3.05) is 0 Å². The molecule has 5 heteroatoms. The summed E-state index contributed by atoms with van der Waals surface area (Å²) in [5, 5.41) is 10.8. The van der Waals surface area contributed by atoms with Crippen LogP contribution in [0, 0.1) is 6.92 Å². The number of halogens is 3. The molecule has 0 bridgehead atoms. The number of hydrogen-bond acceptors (Lipinski definition) is 2. The first kappa shape index (κ1) is 13.4. The van der Waals surface area contributed by atoms with Crippen LogP contribution in [0.2, 0.25) is 9.36 Å². The molecule has 0 aliphatic heterocycles. The van der Waals surface area contributed by atoms with E-state index in [0.717, 1.165) is 14.9 Å². The largest absolute Gasteiger partial charge is 0.383 e. The Morgan fingerprint density at radius 2 is 2.00 bits per heavy atom. The van der Waals surface area contributed by atoms with Crippen molar-refractivity contribution in [3.63, 3.8) is 0 Å². The lowest BCUT2D eigenvalue weighted by atomic mass is 10.1. The average Bonchev–Trinajstić information content (AvgIpc) is 2.62. The van der Waals surface area contributed by atoms with E-state index >= 15 is 0 Å². The van der Waals surface area contributed by atoms with E-state index in [-0.39, 0.29) is 0 Å². The lowest BCUT2D eigenvalue weighted by Gasteiger charge is -2.11. The van der Waals surface area contributed by atoms with E-state index in [9.17, 15) is 5.11 Å². The zero-order valence-corrected chi connectivity index (χ0v) is 12.8. The van der Waals surface area contributed by atoms with E-state index in [2.05, 4.69) is 15.9 Å². The maximum absolute atomic E-state index is 10.3. The lowest BCUT2D eigenvalue weighted by Crippen LogP contribution is -1.98. The fourth-order valence-corrected chi connectivity index (χ4v) is 3.32. The van der Waals surface area contributed by atoms with E-state index in [1.165, 1.54) is 11.3 Å². The molecule has 1 atom stereocenters. The molecule has 0 aliphatic rings. The summed E-state index contributed by atoms with van der Waals surface area (Å²) in [4.78, 5) is 0.799. The quantitative estimate of drug-likeness (QED) is 0.787. The highest BCUT2D eigenvalue weighted by Gasteiger charge is 2.17. The Bertz CT molecular complexity index is 534. The van der Waals surface area contributed by atoms with Crippen molar-refractivity contribution in [2.45, 2.75) is 13.0 Å². The number of hydrogen-bond donors (Lipinski definition) is 1. The van der Waals surface area contributed by atoms with Crippen LogP contribution >= 0.6 is 50.5 Å². The zero-order chi connectivity index (χ0) is 12.6. The van der Waals surface area contributed by atoms with Crippen molar-refractivity contribution < 1.29 is 5.11 Å². The first-order valence-electron chi connectivity index (χ1n) is 4.88. The molecular formula is C12H9BrCl2OS. The second kappa shape index (κ2) is 5.29. The third-order valence-corrected chi connectivity index (χ3v) is 4.84. The summed E-state index contributed by atoms with van der Waals surface area (Å²) in [6, 6.07) is 7.29. The van der Waals surface area contributed by atoms with Gasteiger partial charge in [0.05, 0.1) is 4.34 Å². The summed E-state index contributed by atoms with van der Waals surface area (Å²) in [5.41, 5.74) is 1.65. The van der Waals surface area contributed by atoms with Gasteiger partial charge in [0.1, 0.15) is 6.10 Å². The summed E-state index contributed by atoms with van der Waals surface area (Å²) >= 11 is 16.8. The van der Waals surface area contributed by atoms with Crippen LogP contribution in [-0.2, 0) is 0 Å². The van der Waals surface area contributed by atoms with E-state index in [1.807, 2.05) is 25.1 Å². The topological polar surface area (TPSA) is 20.2 Å². The fraction of sp³-hybridized carbons (Fsp3) is 0.167. The van der Waals surface area contributed by atoms with Gasteiger partial charge < -0.3 is 5.11 Å². The Morgan fingerprint density at radius 3 is 2.59 bits per heavy atom. The van der Waals surface area contributed by atoms with E-state index < -0.39 is 6.10 Å². The summed E-state index contributed by atoms with van der Waals surface area (Å²) in [5.74, 6) is 0. The molecule has 0 radical (unpaired) electrons. The van der Waals surface area contributed by atoms with Crippen LogP contribution in [0.1, 0.15) is 22.1 Å². The molecule has 0 aliphatic carbocycles. The highest BCUT2D eigenvalue weighted by Crippen LogP contribution is 2.37. The van der Waals surface area contributed by atoms with Gasteiger partial charge in [0.2, 0.25) is 0 Å². The van der Waals surface area contributed by atoms with Gasteiger partial charge in [-0.1, -0.05) is 39.1 Å². The Kier molecular flexibility index (Phi) is 4.16. The van der Waals surface area contributed by atoms with Gasteiger partial charge in [-0.05, 0) is 36.8 Å². The second-order valence-corrected chi connectivity index (χ2v) is 6.68. The number of aliphatic hydroxyl groups is 1. The van der Waals surface area contributed by atoms with Gasteiger partial charge >= 0.3 is 0 Å². The Balaban J connectivity index is 2.42. The molecular weight excluding hydrogens is 343 g/mol. The smallest absolute Gasteiger partial charge is 0.115 e. The average molecular weight is 352 g/mol. The number of rotatable bonds is 2. The van der Waals surface area contributed by atoms with Crippen molar-refractivity contribution in [3.8, 4) is 0 Å². The summed E-state index contributed by atoms with van der Waals surface area (Å²) in [6.07, 6.45) is -0.740. The molecule has 2 rings (SSSR count). The molecule has 90 valence electrons. The highest BCUT2D eigenvalue weighted by molar-refractivity contribution is 9.10. The van der Waals surface area contributed by atoms with E-state index in [4.69, 9.17) is 23.2 Å². The Morgan fingerprint density at radius 1 is 1.29 bits per heavy atom. The van der Waals surface area contributed by atoms with Crippen molar-refractivity contribution in [1.82, 2.24) is 0 Å². The van der Waals surface area contributed by atoms with Gasteiger partial charge in [0.15, 0.2) is 0 Å². The molecule has 1 nitrogen and oxygen atoms in total. The lowest BCUT2D eigenvalue weighted by molar-refractivity contribution is 0.224. The Hall–Kier alpha value is -0.0600. The minimum absolute atomic E-state index is 0.544. The molecule has 1 heterocycles. The SMILES string of the molecule is Cc1cc(C(O)c2cc(Br)ccc2Cl)sc1Cl. The minimum Gasteiger partial charge on any atom is -0.383 e. The van der Waals surface area contributed by atoms with Crippen molar-refractivity contribution in [2.24, 2.45) is 0 Å². The molecule has 17 heavy (non-hydrogen) atoms. The van der Waals surface area contributed by atoms with Gasteiger partial charge in [-0.15, -0.1) is 11.3 Å². The molecule has 0 saturated carbocycles. The van der Waals surface area contributed by atoms with Crippen molar-refractivity contribution in [3.05, 3.63) is 54.1 Å². The molecule has 0 fully saturated rings. The maximum Gasteiger partial charge on any atom is 0.115 e. The van der Waals surface area contributed by atoms with Crippen LogP contribution in [0.25, 0.3) is 0 Å². The van der Waals surface area contributed by atoms with Gasteiger partial charge in [-0.25, -0.2) is 0 Å². The molecule has 1 N–H and O–H groups in total. The van der Waals surface area contributed by atoms with Crippen LogP contribution in [0.3, 0.4) is 0 Å². The minimum atomic E-state index is -0.740. The maximum atomic E-state index is 10.3. The van der Waals surface area contributed by atoms with Gasteiger partial charge in [0.25, 0.3) is 0 Å². The monoisotopic (exact) mass is 350 g/mol. The highest BCUT2D eigenvalue weighted by atomic mass is 79.9. The number of aryl methyl sites for hydroxylation is 1. The Labute approximate surface area is 122 Å². The van der Waals surface area contributed by atoms with Crippen LogP contribution < -0.4 is 0 Å². The summed E-state index contributed by atoms with van der Waals surface area (Å²) < 4.78 is 1.58. The molecule has 1 aromatic heterocycles. The number of benzene rings is 1. The second-order valence-electron chi connectivity index (χ2n) is 3.67. The van der Waals surface area contributed by atoms with Gasteiger partial charge in [0, 0.05) is 19.9 Å². The van der Waals surface area contributed by atoms with Gasteiger partial charge in [-0.2, -0.15) is 0 Å². The van der Waals surface area contributed by atoms with Gasteiger partial charge in [-0.3, -0.25) is 0 Å². The molecule has 0 saturated heterocycles. The standard InChI is InChI=1S/C12H9BrCl2OS/c1-6-4-10(17-12(6)15)11(16)8-5-7(13)2-3-9(8)14/h2-5,11,16H,1H3. The molecule has 2 aromatic rings. The van der Waals surface area contributed by atoms with Crippen molar-refractivity contribution in [1.29, 1.82) is 0 Å². The van der Waals surface area contributed by atoms with E-state index in [0.29, 0.717) is 14.9 Å². The summed E-state index contributed by atoms with van der Waals surface area (Å²) in [6.45, 7) is 1.91. The number of aliphatic hydroxyl groups excluding tert-OH is 1. The predicted molar refractivity (Wildman–Crippen MR) is 77.3 cm³/mol. The fourth-order valence-electron chi connectivity index (χ4n) is 1.50. The zero-order valence-electron chi connectivity index (χ0n) is 8.88. The molecule has 0 amide bonds. The molecule has 0 spiro atoms. The third kappa shape index (κ3) is 2.85. The van der Waals surface area contributed by atoms with Crippen LogP contribution in [-0.4, -0.2) is 5.11 Å². The predicted octanol–water partition coefficient (Wildman–Crippen LogP) is 5.21. The first-order valence-corrected chi connectivity index (χ1v) is 7.24. The number of thiophene rings is 1. The van der Waals surface area contributed by atoms with Crippen LogP contribution in [0.15, 0.2) is 28.7 Å². The molecule has 1 aromatic carbocycles. The van der Waals surface area contributed by atoms with Crippen LogP contribution in [0.5, 0.6) is 0 Å². The van der Waals surface area contributed by atoms with Crippen molar-refractivity contribution >= 4 is 50.5 Å². The third-order valence-electron chi connectivity index (χ3n) is 2.40. The first-order chi connectivity index (χ1) is 7.99. The van der Waals surface area contributed by atoms with Crippen LogP contribution in [0.4, 0.5) is 0 Å². The molecule has 1 unspecified atom stereocenters.